The van der Waals surface area contributed by atoms with Gasteiger partial charge in [0.05, 0.1) is 6.54 Å². The minimum atomic E-state index is -0.307. The van der Waals surface area contributed by atoms with Crippen molar-refractivity contribution in [3.05, 3.63) is 17.5 Å². The van der Waals surface area contributed by atoms with Crippen LogP contribution >= 0.6 is 0 Å². The van der Waals surface area contributed by atoms with Gasteiger partial charge >= 0.3 is 0 Å². The van der Waals surface area contributed by atoms with Crippen molar-refractivity contribution in [2.45, 2.75) is 26.2 Å². The van der Waals surface area contributed by atoms with Gasteiger partial charge in [0.25, 0.3) is 5.91 Å². The Bertz CT molecular complexity index is 435. The normalized spacial score (nSPS) is 14.8. The van der Waals surface area contributed by atoms with E-state index in [0.717, 1.165) is 38.0 Å². The Morgan fingerprint density at radius 3 is 2.78 bits per heavy atom. The summed E-state index contributed by atoms with van der Waals surface area (Å²) < 4.78 is 0. The van der Waals surface area contributed by atoms with Crippen molar-refractivity contribution in [3.8, 4) is 0 Å². The van der Waals surface area contributed by atoms with Crippen LogP contribution in [0.5, 0.6) is 0 Å². The number of hydrogen-bond acceptors (Lipinski definition) is 3. The van der Waals surface area contributed by atoms with Crippen LogP contribution in [-0.4, -0.2) is 46.5 Å². The molecular weight excluding hydrogens is 232 g/mol. The maximum Gasteiger partial charge on any atom is 0.272 e. The fraction of sp³-hybridized carbons (Fsp3) is 0.583. The van der Waals surface area contributed by atoms with E-state index in [4.69, 9.17) is 0 Å². The van der Waals surface area contributed by atoms with Crippen molar-refractivity contribution in [2.24, 2.45) is 0 Å². The molecule has 6 nitrogen and oxygen atoms in total. The zero-order valence-electron chi connectivity index (χ0n) is 10.5. The first kappa shape index (κ1) is 12.6. The number of carbonyl (C=O) groups excluding carboxylic acids is 2. The molecule has 0 atom stereocenters. The molecule has 0 saturated carbocycles. The summed E-state index contributed by atoms with van der Waals surface area (Å²) in [6, 6.07) is 1.70. The van der Waals surface area contributed by atoms with E-state index in [1.165, 1.54) is 0 Å². The number of hydrogen-bond donors (Lipinski definition) is 2. The van der Waals surface area contributed by atoms with Crippen LogP contribution in [0.25, 0.3) is 0 Å². The second kappa shape index (κ2) is 5.66. The third kappa shape index (κ3) is 2.88. The number of rotatable bonds is 4. The molecule has 0 aliphatic carbocycles. The number of likely N-dealkylation sites (tertiary alicyclic amines) is 1. The predicted octanol–water partition coefficient (Wildman–Crippen LogP) is 0.324. The van der Waals surface area contributed by atoms with E-state index in [-0.39, 0.29) is 18.4 Å². The Balaban J connectivity index is 1.82. The fourth-order valence-corrected chi connectivity index (χ4v) is 1.98. The molecule has 0 radical (unpaired) electrons. The molecule has 1 aliphatic heterocycles. The lowest BCUT2D eigenvalue weighted by Gasteiger charge is -2.14. The standard InChI is InChI=1S/C12H18N4O2/c1-2-9-7-10(15-14-9)12(18)13-8-11(17)16-5-3-4-6-16/h7H,2-6,8H2,1H3,(H,13,18)(H,14,15). The predicted molar refractivity (Wildman–Crippen MR) is 66.1 cm³/mol. The van der Waals surface area contributed by atoms with Crippen LogP contribution in [0.1, 0.15) is 35.9 Å². The number of amides is 2. The summed E-state index contributed by atoms with van der Waals surface area (Å²) in [6.07, 6.45) is 2.91. The van der Waals surface area contributed by atoms with Gasteiger partial charge in [0.2, 0.25) is 5.91 Å². The van der Waals surface area contributed by atoms with E-state index in [1.807, 2.05) is 6.92 Å². The Morgan fingerprint density at radius 1 is 1.44 bits per heavy atom. The number of nitrogens with one attached hydrogen (secondary N) is 2. The Morgan fingerprint density at radius 2 is 2.17 bits per heavy atom. The van der Waals surface area contributed by atoms with E-state index >= 15 is 0 Å². The smallest absolute Gasteiger partial charge is 0.272 e. The topological polar surface area (TPSA) is 78.1 Å². The average molecular weight is 250 g/mol. The van der Waals surface area contributed by atoms with Crippen LogP contribution in [0, 0.1) is 0 Å². The number of carbonyl (C=O) groups is 2. The number of H-pyrrole nitrogens is 1. The molecule has 1 aromatic heterocycles. The Kier molecular flexibility index (Phi) is 3.96. The molecule has 2 rings (SSSR count). The molecule has 6 heteroatoms. The van der Waals surface area contributed by atoms with Crippen molar-refractivity contribution in [3.63, 3.8) is 0 Å². The maximum absolute atomic E-state index is 11.7. The molecule has 98 valence electrons. The maximum atomic E-state index is 11.7. The first-order valence-corrected chi connectivity index (χ1v) is 6.31. The van der Waals surface area contributed by atoms with E-state index in [9.17, 15) is 9.59 Å². The van der Waals surface area contributed by atoms with Gasteiger partial charge in [0.1, 0.15) is 5.69 Å². The van der Waals surface area contributed by atoms with Crippen molar-refractivity contribution in [2.75, 3.05) is 19.6 Å². The number of nitrogens with zero attached hydrogens (tertiary/aromatic N) is 2. The monoisotopic (exact) mass is 250 g/mol. The highest BCUT2D eigenvalue weighted by molar-refractivity contribution is 5.94. The second-order valence-electron chi connectivity index (χ2n) is 4.40. The van der Waals surface area contributed by atoms with Crippen LogP contribution in [0.2, 0.25) is 0 Å². The largest absolute Gasteiger partial charge is 0.342 e. The fourth-order valence-electron chi connectivity index (χ4n) is 1.98. The minimum absolute atomic E-state index is 0.0212. The highest BCUT2D eigenvalue weighted by Crippen LogP contribution is 2.07. The Hall–Kier alpha value is -1.85. The zero-order valence-corrected chi connectivity index (χ0v) is 10.5. The number of aromatic amines is 1. The molecular formula is C12H18N4O2. The SMILES string of the molecule is CCc1cc(C(=O)NCC(=O)N2CCCC2)n[nH]1. The van der Waals surface area contributed by atoms with Crippen LogP contribution in [-0.2, 0) is 11.2 Å². The third-order valence-corrected chi connectivity index (χ3v) is 3.10. The van der Waals surface area contributed by atoms with Gasteiger partial charge in [-0.25, -0.2) is 0 Å². The quantitative estimate of drug-likeness (QED) is 0.808. The van der Waals surface area contributed by atoms with Crippen LogP contribution < -0.4 is 5.32 Å². The lowest BCUT2D eigenvalue weighted by Crippen LogP contribution is -2.38. The lowest BCUT2D eigenvalue weighted by molar-refractivity contribution is -0.129. The van der Waals surface area contributed by atoms with Crippen molar-refractivity contribution >= 4 is 11.8 Å². The molecule has 2 amide bonds. The van der Waals surface area contributed by atoms with Gasteiger partial charge in [0, 0.05) is 18.8 Å². The second-order valence-corrected chi connectivity index (χ2v) is 4.40. The number of aryl methyl sites for hydroxylation is 1. The van der Waals surface area contributed by atoms with Crippen molar-refractivity contribution < 1.29 is 9.59 Å². The van der Waals surface area contributed by atoms with Crippen LogP contribution in [0.4, 0.5) is 0 Å². The number of aromatic nitrogens is 2. The van der Waals surface area contributed by atoms with E-state index in [0.29, 0.717) is 5.69 Å². The summed E-state index contributed by atoms with van der Waals surface area (Å²) in [6.45, 7) is 3.63. The summed E-state index contributed by atoms with van der Waals surface area (Å²) >= 11 is 0. The summed E-state index contributed by atoms with van der Waals surface area (Å²) in [7, 11) is 0. The molecule has 2 N–H and O–H groups in total. The van der Waals surface area contributed by atoms with Gasteiger partial charge in [0.15, 0.2) is 0 Å². The molecule has 0 unspecified atom stereocenters. The molecule has 1 aromatic rings. The molecule has 0 aromatic carbocycles. The van der Waals surface area contributed by atoms with Crippen molar-refractivity contribution in [1.29, 1.82) is 0 Å². The molecule has 2 heterocycles. The first-order chi connectivity index (χ1) is 8.70. The van der Waals surface area contributed by atoms with E-state index in [2.05, 4.69) is 15.5 Å². The molecule has 0 bridgehead atoms. The van der Waals surface area contributed by atoms with Gasteiger partial charge in [-0.15, -0.1) is 0 Å². The highest BCUT2D eigenvalue weighted by atomic mass is 16.2. The van der Waals surface area contributed by atoms with Crippen LogP contribution in [0.3, 0.4) is 0 Å². The molecule has 18 heavy (non-hydrogen) atoms. The lowest BCUT2D eigenvalue weighted by atomic mass is 10.3. The van der Waals surface area contributed by atoms with Gasteiger partial charge in [-0.1, -0.05) is 6.92 Å². The summed E-state index contributed by atoms with van der Waals surface area (Å²) in [5, 5.41) is 9.27. The molecule has 1 fully saturated rings. The van der Waals surface area contributed by atoms with Gasteiger partial charge in [-0.05, 0) is 25.3 Å². The molecule has 1 aliphatic rings. The summed E-state index contributed by atoms with van der Waals surface area (Å²) in [4.78, 5) is 25.2. The third-order valence-electron chi connectivity index (χ3n) is 3.10. The molecule has 0 spiro atoms. The Labute approximate surface area is 106 Å². The van der Waals surface area contributed by atoms with Gasteiger partial charge < -0.3 is 10.2 Å². The summed E-state index contributed by atoms with van der Waals surface area (Å²) in [5.41, 5.74) is 1.24. The van der Waals surface area contributed by atoms with Crippen molar-refractivity contribution in [1.82, 2.24) is 20.4 Å². The van der Waals surface area contributed by atoms with Gasteiger partial charge in [-0.3, -0.25) is 14.7 Å². The van der Waals surface area contributed by atoms with E-state index < -0.39 is 0 Å². The first-order valence-electron chi connectivity index (χ1n) is 6.31. The van der Waals surface area contributed by atoms with Crippen LogP contribution in [0.15, 0.2) is 6.07 Å². The van der Waals surface area contributed by atoms with E-state index in [1.54, 1.807) is 11.0 Å². The highest BCUT2D eigenvalue weighted by Gasteiger charge is 2.19. The summed E-state index contributed by atoms with van der Waals surface area (Å²) in [5.74, 6) is -0.328. The average Bonchev–Trinajstić information content (AvgIpc) is 3.05. The minimum Gasteiger partial charge on any atom is -0.342 e. The molecule has 1 saturated heterocycles. The van der Waals surface area contributed by atoms with Gasteiger partial charge in [-0.2, -0.15) is 5.10 Å². The zero-order chi connectivity index (χ0) is 13.0.